The van der Waals surface area contributed by atoms with Gasteiger partial charge in [0.15, 0.2) is 5.82 Å². The first-order valence-corrected chi connectivity index (χ1v) is 14.5. The molecule has 43 heavy (non-hydrogen) atoms. The quantitative estimate of drug-likeness (QED) is 0.222. The smallest absolute Gasteiger partial charge is 0.307 e. The van der Waals surface area contributed by atoms with Gasteiger partial charge < -0.3 is 9.13 Å². The van der Waals surface area contributed by atoms with Crippen LogP contribution in [-0.4, -0.2) is 23.5 Å². The maximum absolute atomic E-state index is 13.4. The van der Waals surface area contributed by atoms with Crippen LogP contribution in [0.4, 0.5) is 0 Å². The third-order valence-electron chi connectivity index (χ3n) is 8.53. The molecule has 9 rings (SSSR count). The van der Waals surface area contributed by atoms with Crippen LogP contribution in [0.2, 0.25) is 0 Å². The predicted octanol–water partition coefficient (Wildman–Crippen LogP) is 8.02. The molecule has 0 aliphatic heterocycles. The highest BCUT2D eigenvalue weighted by Gasteiger charge is 2.21. The van der Waals surface area contributed by atoms with Crippen LogP contribution >= 0.6 is 0 Å². The molecule has 4 aromatic carbocycles. The van der Waals surface area contributed by atoms with Crippen molar-refractivity contribution in [2.45, 2.75) is 12.8 Å². The summed E-state index contributed by atoms with van der Waals surface area (Å²) in [6.07, 6.45) is 9.98. The molecule has 6 nitrogen and oxygen atoms in total. The number of para-hydroxylation sites is 3. The maximum atomic E-state index is 13.4. The summed E-state index contributed by atoms with van der Waals surface area (Å²) in [7, 11) is 0. The molecule has 0 unspecified atom stereocenters. The molecule has 4 aromatic heterocycles. The summed E-state index contributed by atoms with van der Waals surface area (Å²) in [6, 6.07) is 36.0. The van der Waals surface area contributed by atoms with Gasteiger partial charge in [0.2, 0.25) is 0 Å². The molecule has 0 saturated carbocycles. The fourth-order valence-corrected chi connectivity index (χ4v) is 6.66. The van der Waals surface area contributed by atoms with Crippen molar-refractivity contribution in [3.05, 3.63) is 144 Å². The highest BCUT2D eigenvalue weighted by molar-refractivity contribution is 6.23. The van der Waals surface area contributed by atoms with Crippen molar-refractivity contribution in [3.8, 4) is 11.4 Å². The zero-order chi connectivity index (χ0) is 28.5. The summed E-state index contributed by atoms with van der Waals surface area (Å²) in [5.74, 6) is 0.472. The number of hydrogen-bond acceptors (Lipinski definition) is 3. The molecular weight excluding hydrogens is 530 g/mol. The second-order valence-corrected chi connectivity index (χ2v) is 11.0. The van der Waals surface area contributed by atoms with Crippen LogP contribution in [0.25, 0.3) is 66.2 Å². The molecule has 0 bridgehead atoms. The highest BCUT2D eigenvalue weighted by Crippen LogP contribution is 2.41. The van der Waals surface area contributed by atoms with E-state index in [0.29, 0.717) is 11.5 Å². The van der Waals surface area contributed by atoms with Gasteiger partial charge in [-0.1, -0.05) is 85.0 Å². The van der Waals surface area contributed by atoms with Crippen molar-refractivity contribution in [2.75, 3.05) is 0 Å². The van der Waals surface area contributed by atoms with Crippen LogP contribution in [-0.2, 0) is 0 Å². The van der Waals surface area contributed by atoms with Crippen LogP contribution < -0.4 is 5.69 Å². The van der Waals surface area contributed by atoms with Crippen molar-refractivity contribution in [1.29, 1.82) is 0 Å². The number of nitrogens with zero attached hydrogens (tertiary/aromatic N) is 5. The Morgan fingerprint density at radius 2 is 1.23 bits per heavy atom. The van der Waals surface area contributed by atoms with E-state index in [9.17, 15) is 4.79 Å². The summed E-state index contributed by atoms with van der Waals surface area (Å²) in [6.45, 7) is 0. The van der Waals surface area contributed by atoms with E-state index in [1.807, 2.05) is 24.4 Å². The number of allylic oxidation sites excluding steroid dienone is 4. The van der Waals surface area contributed by atoms with Gasteiger partial charge in [0.25, 0.3) is 0 Å². The number of benzene rings is 4. The average Bonchev–Trinajstić information content (AvgIpc) is 3.59. The lowest BCUT2D eigenvalue weighted by atomic mass is 10.1. The molecule has 0 N–H and O–H groups in total. The standard InChI is InChI=1S/C37H25N5O/c43-37-39-36(24-11-3-1-4-12-24)38-33-22-19-26(23-40(33)37)42-32-18-10-8-16-28(32)30-21-20-29-27-15-7-9-17-31(27)41(34(29)35(30)42)25-13-5-2-6-14-25/h2-3,5-23H,1,4H2. The van der Waals surface area contributed by atoms with E-state index in [0.717, 1.165) is 62.6 Å². The first kappa shape index (κ1) is 23.9. The first-order chi connectivity index (χ1) is 21.3. The molecule has 0 spiro atoms. The second-order valence-electron chi connectivity index (χ2n) is 11.0. The van der Waals surface area contributed by atoms with E-state index in [1.165, 1.54) is 10.8 Å². The van der Waals surface area contributed by atoms with Gasteiger partial charge >= 0.3 is 5.69 Å². The van der Waals surface area contributed by atoms with Crippen LogP contribution in [0.1, 0.15) is 18.7 Å². The number of aromatic nitrogens is 5. The summed E-state index contributed by atoms with van der Waals surface area (Å²) in [5.41, 5.74) is 7.51. The first-order valence-electron chi connectivity index (χ1n) is 14.5. The zero-order valence-electron chi connectivity index (χ0n) is 23.2. The van der Waals surface area contributed by atoms with Gasteiger partial charge in [0, 0.05) is 39.0 Å². The number of fused-ring (bicyclic) bond motifs is 8. The van der Waals surface area contributed by atoms with Gasteiger partial charge in [-0.05, 0) is 49.2 Å². The van der Waals surface area contributed by atoms with Crippen LogP contribution in [0.15, 0.2) is 132 Å². The highest BCUT2D eigenvalue weighted by atomic mass is 16.1. The molecule has 1 aliphatic carbocycles. The maximum Gasteiger partial charge on any atom is 0.355 e. The summed E-state index contributed by atoms with van der Waals surface area (Å²) in [4.78, 5) is 22.5. The lowest BCUT2D eigenvalue weighted by Crippen LogP contribution is -2.21. The predicted molar refractivity (Wildman–Crippen MR) is 174 cm³/mol. The van der Waals surface area contributed by atoms with Gasteiger partial charge in [-0.25, -0.2) is 14.2 Å². The Balaban J connectivity index is 1.40. The van der Waals surface area contributed by atoms with Crippen molar-refractivity contribution >= 4 is 54.8 Å². The van der Waals surface area contributed by atoms with Gasteiger partial charge in [0.1, 0.15) is 5.65 Å². The molecule has 4 heterocycles. The molecule has 0 atom stereocenters. The fraction of sp³-hybridized carbons (Fsp3) is 0.0541. The van der Waals surface area contributed by atoms with E-state index < -0.39 is 0 Å². The monoisotopic (exact) mass is 555 g/mol. The average molecular weight is 556 g/mol. The van der Waals surface area contributed by atoms with E-state index in [-0.39, 0.29) is 5.69 Å². The van der Waals surface area contributed by atoms with E-state index in [1.54, 1.807) is 4.40 Å². The summed E-state index contributed by atoms with van der Waals surface area (Å²) >= 11 is 0. The van der Waals surface area contributed by atoms with E-state index in [4.69, 9.17) is 4.98 Å². The Kier molecular flexibility index (Phi) is 5.07. The van der Waals surface area contributed by atoms with Crippen molar-refractivity contribution < 1.29 is 0 Å². The third-order valence-corrected chi connectivity index (χ3v) is 8.53. The molecule has 6 heteroatoms. The Morgan fingerprint density at radius 1 is 0.581 bits per heavy atom. The fourth-order valence-electron chi connectivity index (χ4n) is 6.66. The minimum Gasteiger partial charge on any atom is -0.307 e. The zero-order valence-corrected chi connectivity index (χ0v) is 23.2. The molecule has 8 aromatic rings. The van der Waals surface area contributed by atoms with Gasteiger partial charge in [-0.15, -0.1) is 0 Å². The molecule has 1 aliphatic rings. The van der Waals surface area contributed by atoms with Crippen molar-refractivity contribution in [1.82, 2.24) is 23.5 Å². The lowest BCUT2D eigenvalue weighted by Gasteiger charge is -2.13. The Morgan fingerprint density at radius 3 is 1.91 bits per heavy atom. The van der Waals surface area contributed by atoms with Gasteiger partial charge in [-0.3, -0.25) is 0 Å². The summed E-state index contributed by atoms with van der Waals surface area (Å²) in [5, 5.41) is 4.68. The van der Waals surface area contributed by atoms with Gasteiger partial charge in [0.05, 0.1) is 27.8 Å². The minimum atomic E-state index is -0.342. The lowest BCUT2D eigenvalue weighted by molar-refractivity contribution is 0.913. The topological polar surface area (TPSA) is 57.1 Å². The van der Waals surface area contributed by atoms with Crippen LogP contribution in [0.5, 0.6) is 0 Å². The largest absolute Gasteiger partial charge is 0.355 e. The summed E-state index contributed by atoms with van der Waals surface area (Å²) < 4.78 is 6.19. The Hall–Kier alpha value is -5.75. The second kappa shape index (κ2) is 9.13. The number of rotatable bonds is 3. The SMILES string of the molecule is O=c1nc(C2=CCCC=C2)nc2ccc(-n3c4ccccc4c4ccc5c6ccccc6n(-c6ccccc6)c5c43)cn12. The molecule has 0 saturated heterocycles. The van der Waals surface area contributed by atoms with Crippen molar-refractivity contribution in [2.24, 2.45) is 0 Å². The Labute approximate surface area is 246 Å². The third kappa shape index (κ3) is 3.50. The van der Waals surface area contributed by atoms with E-state index in [2.05, 4.69) is 117 Å². The van der Waals surface area contributed by atoms with Crippen LogP contribution in [0.3, 0.4) is 0 Å². The van der Waals surface area contributed by atoms with Crippen molar-refractivity contribution in [3.63, 3.8) is 0 Å². The molecule has 0 amide bonds. The molecule has 0 radical (unpaired) electrons. The minimum absolute atomic E-state index is 0.342. The number of pyridine rings is 1. The normalized spacial score (nSPS) is 13.5. The van der Waals surface area contributed by atoms with Gasteiger partial charge in [-0.2, -0.15) is 4.98 Å². The molecule has 0 fully saturated rings. The number of hydrogen-bond donors (Lipinski definition) is 0. The van der Waals surface area contributed by atoms with Crippen LogP contribution in [0, 0.1) is 0 Å². The molecular formula is C37H25N5O. The molecule has 204 valence electrons. The van der Waals surface area contributed by atoms with E-state index >= 15 is 0 Å². The Bertz CT molecular complexity index is 2530.